The number of nitrogens with zero attached hydrogens (tertiary/aromatic N) is 1. The van der Waals surface area contributed by atoms with Crippen LogP contribution in [0, 0.1) is 6.92 Å². The van der Waals surface area contributed by atoms with E-state index in [1.807, 2.05) is 0 Å². The number of hydrogen-bond acceptors (Lipinski definition) is 6. The van der Waals surface area contributed by atoms with Gasteiger partial charge in [0.2, 0.25) is 5.91 Å². The van der Waals surface area contributed by atoms with Gasteiger partial charge in [-0.2, -0.15) is 0 Å². The molecule has 0 fully saturated rings. The zero-order chi connectivity index (χ0) is 17.6. The predicted octanol–water partition coefficient (Wildman–Crippen LogP) is -0.400. The van der Waals surface area contributed by atoms with Crippen molar-refractivity contribution in [2.75, 3.05) is 19.6 Å². The van der Waals surface area contributed by atoms with E-state index in [4.69, 9.17) is 4.74 Å². The molecule has 1 aromatic heterocycles. The van der Waals surface area contributed by atoms with Crippen molar-refractivity contribution < 1.29 is 14.3 Å². The van der Waals surface area contributed by atoms with Gasteiger partial charge in [0.1, 0.15) is 5.60 Å². The van der Waals surface area contributed by atoms with Crippen molar-refractivity contribution >= 4 is 12.0 Å². The molecule has 1 amide bonds. The van der Waals surface area contributed by atoms with Crippen molar-refractivity contribution in [3.63, 3.8) is 0 Å². The zero-order valence-electron chi connectivity index (χ0n) is 13.7. The molecule has 3 N–H and O–H groups in total. The fourth-order valence-electron chi connectivity index (χ4n) is 1.60. The van der Waals surface area contributed by atoms with E-state index in [1.165, 1.54) is 13.1 Å². The van der Waals surface area contributed by atoms with Crippen LogP contribution in [0.4, 0.5) is 4.79 Å². The summed E-state index contributed by atoms with van der Waals surface area (Å²) in [5, 5.41) is 5.32. The molecule has 0 saturated carbocycles. The second-order valence-electron chi connectivity index (χ2n) is 5.94. The van der Waals surface area contributed by atoms with E-state index < -0.39 is 28.9 Å². The number of amides is 1. The number of ether oxygens (including phenoxy) is 1. The van der Waals surface area contributed by atoms with E-state index >= 15 is 0 Å². The number of carbonyl (C=O) groups is 2. The highest BCUT2D eigenvalue weighted by Gasteiger charge is 2.15. The minimum absolute atomic E-state index is 0.110. The maximum Gasteiger partial charge on any atom is 0.407 e. The average molecular weight is 326 g/mol. The number of aromatic nitrogens is 2. The molecule has 0 aliphatic carbocycles. The number of H-pyrrole nitrogens is 1. The van der Waals surface area contributed by atoms with E-state index in [-0.39, 0.29) is 18.7 Å². The van der Waals surface area contributed by atoms with Crippen molar-refractivity contribution in [2.45, 2.75) is 33.3 Å². The summed E-state index contributed by atoms with van der Waals surface area (Å²) in [6.45, 7) is 7.25. The van der Waals surface area contributed by atoms with Crippen LogP contribution in [-0.2, 0) is 4.74 Å². The Morgan fingerprint density at radius 1 is 1.26 bits per heavy atom. The second-order valence-corrected chi connectivity index (χ2v) is 5.94. The van der Waals surface area contributed by atoms with Gasteiger partial charge in [-0.25, -0.2) is 14.2 Å². The third kappa shape index (κ3) is 6.47. The quantitative estimate of drug-likeness (QED) is 0.633. The largest absolute Gasteiger partial charge is 0.444 e. The van der Waals surface area contributed by atoms with Crippen molar-refractivity contribution in [3.8, 4) is 0 Å². The Morgan fingerprint density at radius 2 is 1.91 bits per heavy atom. The number of aromatic amines is 1. The molecule has 0 bridgehead atoms. The minimum Gasteiger partial charge on any atom is -0.444 e. The Bertz CT molecular complexity index is 684. The van der Waals surface area contributed by atoms with E-state index in [2.05, 4.69) is 15.6 Å². The predicted molar refractivity (Wildman–Crippen MR) is 83.8 cm³/mol. The Kier molecular flexibility index (Phi) is 6.26. The maximum atomic E-state index is 11.9. The van der Waals surface area contributed by atoms with Crippen molar-refractivity contribution in [1.29, 1.82) is 0 Å². The van der Waals surface area contributed by atoms with Gasteiger partial charge >= 0.3 is 11.8 Å². The highest BCUT2D eigenvalue weighted by Crippen LogP contribution is 2.05. The fourth-order valence-corrected chi connectivity index (χ4v) is 1.60. The lowest BCUT2D eigenvalue weighted by Gasteiger charge is -2.19. The Morgan fingerprint density at radius 3 is 2.52 bits per heavy atom. The van der Waals surface area contributed by atoms with Crippen molar-refractivity contribution in [1.82, 2.24) is 20.2 Å². The van der Waals surface area contributed by atoms with Gasteiger partial charge in [-0.15, -0.1) is 0 Å². The first-order valence-electron chi connectivity index (χ1n) is 7.13. The standard InChI is InChI=1S/C14H22N4O5/c1-9-8-18(12(21)17-11(9)20)10(19)7-15-5-6-16-13(22)23-14(2,3)4/h8,15H,5-7H2,1-4H3,(H,16,22)(H,17,20,21). The molecule has 1 aromatic rings. The SMILES string of the molecule is Cc1cn(C(=O)CNCCNC(=O)OC(C)(C)C)c(=O)[nH]c1=O. The van der Waals surface area contributed by atoms with Crippen LogP contribution in [0.15, 0.2) is 15.8 Å². The molecule has 0 aliphatic heterocycles. The van der Waals surface area contributed by atoms with Crippen LogP contribution < -0.4 is 21.9 Å². The minimum atomic E-state index is -0.778. The fraction of sp³-hybridized carbons (Fsp3) is 0.571. The van der Waals surface area contributed by atoms with Gasteiger partial charge in [-0.3, -0.25) is 14.6 Å². The molecule has 128 valence electrons. The number of aryl methyl sites for hydroxylation is 1. The Balaban J connectivity index is 2.38. The summed E-state index contributed by atoms with van der Waals surface area (Å²) >= 11 is 0. The van der Waals surface area contributed by atoms with Crippen molar-refractivity contribution in [2.24, 2.45) is 0 Å². The lowest BCUT2D eigenvalue weighted by molar-refractivity contribution is 0.0528. The summed E-state index contributed by atoms with van der Waals surface area (Å²) < 4.78 is 5.89. The normalized spacial score (nSPS) is 11.1. The Hall–Kier alpha value is -2.42. The first kappa shape index (κ1) is 18.6. The molecule has 0 radical (unpaired) electrons. The lowest BCUT2D eigenvalue weighted by atomic mass is 10.2. The summed E-state index contributed by atoms with van der Waals surface area (Å²) in [6.07, 6.45) is 0.655. The number of rotatable bonds is 5. The van der Waals surface area contributed by atoms with Gasteiger partial charge in [0, 0.05) is 24.8 Å². The molecule has 0 saturated heterocycles. The number of alkyl carbamates (subject to hydrolysis) is 1. The summed E-state index contributed by atoms with van der Waals surface area (Å²) in [4.78, 5) is 48.1. The summed E-state index contributed by atoms with van der Waals surface area (Å²) in [6, 6.07) is 0. The second kappa shape index (κ2) is 7.73. The van der Waals surface area contributed by atoms with E-state index in [0.717, 1.165) is 4.57 Å². The number of nitrogens with one attached hydrogen (secondary N) is 3. The molecule has 0 unspecified atom stereocenters. The molecular formula is C14H22N4O5. The highest BCUT2D eigenvalue weighted by molar-refractivity contribution is 5.80. The monoisotopic (exact) mass is 326 g/mol. The smallest absolute Gasteiger partial charge is 0.407 e. The van der Waals surface area contributed by atoms with Crippen LogP contribution in [0.25, 0.3) is 0 Å². The molecule has 1 heterocycles. The van der Waals surface area contributed by atoms with Gasteiger partial charge in [-0.05, 0) is 27.7 Å². The Labute approximate surface area is 133 Å². The van der Waals surface area contributed by atoms with Gasteiger partial charge in [0.05, 0.1) is 6.54 Å². The average Bonchev–Trinajstić information content (AvgIpc) is 2.40. The topological polar surface area (TPSA) is 122 Å². The van der Waals surface area contributed by atoms with E-state index in [9.17, 15) is 19.2 Å². The molecule has 1 rings (SSSR count). The van der Waals surface area contributed by atoms with E-state index in [1.54, 1.807) is 20.8 Å². The summed E-state index contributed by atoms with van der Waals surface area (Å²) in [5.74, 6) is -0.508. The molecular weight excluding hydrogens is 304 g/mol. The van der Waals surface area contributed by atoms with Gasteiger partial charge in [0.15, 0.2) is 0 Å². The van der Waals surface area contributed by atoms with Gasteiger partial charge in [0.25, 0.3) is 5.56 Å². The third-order valence-corrected chi connectivity index (χ3v) is 2.64. The molecule has 0 aromatic carbocycles. The van der Waals surface area contributed by atoms with Crippen LogP contribution in [0.3, 0.4) is 0 Å². The van der Waals surface area contributed by atoms with Crippen LogP contribution in [-0.4, -0.2) is 46.8 Å². The molecule has 23 heavy (non-hydrogen) atoms. The molecule has 0 aliphatic rings. The molecule has 9 heteroatoms. The van der Waals surface area contributed by atoms with E-state index in [0.29, 0.717) is 6.54 Å². The summed E-state index contributed by atoms with van der Waals surface area (Å²) in [5.41, 5.74) is -1.60. The van der Waals surface area contributed by atoms with Crippen LogP contribution in [0.5, 0.6) is 0 Å². The first-order chi connectivity index (χ1) is 10.6. The van der Waals surface area contributed by atoms with Crippen LogP contribution in [0.1, 0.15) is 31.1 Å². The lowest BCUT2D eigenvalue weighted by Crippen LogP contribution is -2.41. The molecule has 0 atom stereocenters. The first-order valence-corrected chi connectivity index (χ1v) is 7.13. The van der Waals surface area contributed by atoms with Gasteiger partial charge < -0.3 is 15.4 Å². The maximum absolute atomic E-state index is 11.9. The number of hydrogen-bond donors (Lipinski definition) is 3. The zero-order valence-corrected chi connectivity index (χ0v) is 13.7. The van der Waals surface area contributed by atoms with Crippen LogP contribution >= 0.6 is 0 Å². The van der Waals surface area contributed by atoms with Crippen molar-refractivity contribution in [3.05, 3.63) is 32.6 Å². The summed E-state index contributed by atoms with van der Waals surface area (Å²) in [7, 11) is 0. The molecule has 0 spiro atoms. The number of carbonyl (C=O) groups excluding carboxylic acids is 2. The third-order valence-electron chi connectivity index (χ3n) is 2.64. The van der Waals surface area contributed by atoms with Crippen LogP contribution in [0.2, 0.25) is 0 Å². The molecule has 9 nitrogen and oxygen atoms in total. The highest BCUT2D eigenvalue weighted by atomic mass is 16.6. The van der Waals surface area contributed by atoms with Gasteiger partial charge in [-0.1, -0.05) is 0 Å².